The number of rotatable bonds is 7. The van der Waals surface area contributed by atoms with E-state index in [1.54, 1.807) is 13.2 Å². The molecule has 31 heavy (non-hydrogen) atoms. The van der Waals surface area contributed by atoms with E-state index in [9.17, 15) is 9.59 Å². The molecular formula is C21H25N5O4S. The van der Waals surface area contributed by atoms with Crippen molar-refractivity contribution in [1.82, 2.24) is 19.9 Å². The van der Waals surface area contributed by atoms with Gasteiger partial charge in [0.05, 0.1) is 13.7 Å². The van der Waals surface area contributed by atoms with Crippen LogP contribution in [0, 0.1) is 0 Å². The highest BCUT2D eigenvalue weighted by atomic mass is 32.1. The second kappa shape index (κ2) is 9.34. The Balaban J connectivity index is 1.55. The lowest BCUT2D eigenvalue weighted by atomic mass is 10.1. The Bertz CT molecular complexity index is 1140. The van der Waals surface area contributed by atoms with Crippen molar-refractivity contribution < 1.29 is 14.3 Å². The van der Waals surface area contributed by atoms with Crippen molar-refractivity contribution in [3.8, 4) is 11.5 Å². The molecule has 0 atom stereocenters. The van der Waals surface area contributed by atoms with Gasteiger partial charge in [-0.25, -0.2) is 0 Å². The van der Waals surface area contributed by atoms with Gasteiger partial charge in [-0.15, -0.1) is 5.10 Å². The van der Waals surface area contributed by atoms with Crippen LogP contribution in [0.4, 0.5) is 5.13 Å². The molecule has 2 aromatic heterocycles. The van der Waals surface area contributed by atoms with E-state index in [1.807, 2.05) is 19.1 Å². The van der Waals surface area contributed by atoms with Gasteiger partial charge >= 0.3 is 0 Å². The SMILES string of the molecule is CCOc1cc(CNC(=O)c2cc(=O)nc3sc(N4CCCCC4)nn23)ccc1OC. The minimum absolute atomic E-state index is 0.174. The van der Waals surface area contributed by atoms with Crippen molar-refractivity contribution >= 4 is 27.3 Å². The van der Waals surface area contributed by atoms with Crippen LogP contribution >= 0.6 is 11.3 Å². The number of fused-ring (bicyclic) bond motifs is 1. The van der Waals surface area contributed by atoms with E-state index in [-0.39, 0.29) is 12.2 Å². The first kappa shape index (κ1) is 21.1. The number of anilines is 1. The number of carbonyl (C=O) groups is 1. The van der Waals surface area contributed by atoms with Crippen molar-refractivity contribution in [2.24, 2.45) is 0 Å². The monoisotopic (exact) mass is 443 g/mol. The normalized spacial score (nSPS) is 13.9. The molecule has 1 aliphatic heterocycles. The van der Waals surface area contributed by atoms with E-state index in [4.69, 9.17) is 9.47 Å². The van der Waals surface area contributed by atoms with Gasteiger partial charge < -0.3 is 19.7 Å². The molecule has 1 aromatic carbocycles. The average Bonchev–Trinajstić information content (AvgIpc) is 3.22. The third kappa shape index (κ3) is 4.63. The summed E-state index contributed by atoms with van der Waals surface area (Å²) in [7, 11) is 1.58. The Morgan fingerprint density at radius 1 is 1.19 bits per heavy atom. The molecule has 0 spiro atoms. The average molecular weight is 444 g/mol. The van der Waals surface area contributed by atoms with Crippen LogP contribution in [0.25, 0.3) is 4.96 Å². The van der Waals surface area contributed by atoms with Crippen molar-refractivity contribution in [3.63, 3.8) is 0 Å². The molecule has 1 fully saturated rings. The number of aromatic nitrogens is 3. The maximum Gasteiger partial charge on any atom is 0.274 e. The Morgan fingerprint density at radius 3 is 2.74 bits per heavy atom. The number of hydrogen-bond donors (Lipinski definition) is 1. The van der Waals surface area contributed by atoms with E-state index in [0.29, 0.717) is 23.1 Å². The first-order valence-electron chi connectivity index (χ1n) is 10.3. The van der Waals surface area contributed by atoms with Gasteiger partial charge in [-0.1, -0.05) is 17.4 Å². The fourth-order valence-electron chi connectivity index (χ4n) is 3.55. The Hall–Kier alpha value is -3.14. The molecule has 164 valence electrons. The molecule has 3 aromatic rings. The highest BCUT2D eigenvalue weighted by Gasteiger charge is 2.20. The van der Waals surface area contributed by atoms with Gasteiger partial charge in [0, 0.05) is 25.7 Å². The third-order valence-corrected chi connectivity index (χ3v) is 6.05. The van der Waals surface area contributed by atoms with Gasteiger partial charge in [0.1, 0.15) is 5.69 Å². The number of nitrogens with one attached hydrogen (secondary N) is 1. The Labute approximate surface area is 183 Å². The lowest BCUT2D eigenvalue weighted by Gasteiger charge is -2.25. The second-order valence-electron chi connectivity index (χ2n) is 7.21. The van der Waals surface area contributed by atoms with Crippen LogP contribution in [-0.4, -0.2) is 47.3 Å². The molecule has 1 saturated heterocycles. The van der Waals surface area contributed by atoms with Gasteiger partial charge in [-0.3, -0.25) is 9.59 Å². The molecule has 1 N–H and O–H groups in total. The Kier molecular flexibility index (Phi) is 6.36. The number of hydrogen-bond acceptors (Lipinski definition) is 8. The van der Waals surface area contributed by atoms with Gasteiger partial charge in [-0.05, 0) is 43.9 Å². The molecule has 1 amide bonds. The molecule has 0 bridgehead atoms. The number of ether oxygens (including phenoxy) is 2. The topological polar surface area (TPSA) is 98.1 Å². The predicted octanol–water partition coefficient (Wildman–Crippen LogP) is 2.48. The summed E-state index contributed by atoms with van der Waals surface area (Å²) in [6.45, 7) is 4.52. The van der Waals surface area contributed by atoms with Crippen molar-refractivity contribution in [2.75, 3.05) is 31.7 Å². The smallest absolute Gasteiger partial charge is 0.274 e. The lowest BCUT2D eigenvalue weighted by Crippen LogP contribution is -2.30. The summed E-state index contributed by atoms with van der Waals surface area (Å²) in [5.74, 6) is 0.857. The molecule has 0 unspecified atom stereocenters. The van der Waals surface area contributed by atoms with Crippen LogP contribution < -0.4 is 25.2 Å². The van der Waals surface area contributed by atoms with Gasteiger partial charge in [0.25, 0.3) is 11.5 Å². The molecular weight excluding hydrogens is 418 g/mol. The summed E-state index contributed by atoms with van der Waals surface area (Å²) in [6, 6.07) is 6.70. The maximum absolute atomic E-state index is 12.9. The van der Waals surface area contributed by atoms with Gasteiger partial charge in [0.15, 0.2) is 11.5 Å². The zero-order valence-electron chi connectivity index (χ0n) is 17.6. The maximum atomic E-state index is 12.9. The van der Waals surface area contributed by atoms with E-state index in [0.717, 1.165) is 36.6 Å². The first-order valence-corrected chi connectivity index (χ1v) is 11.1. The molecule has 1 aliphatic rings. The fraction of sp³-hybridized carbons (Fsp3) is 0.429. The minimum atomic E-state index is -0.456. The van der Waals surface area contributed by atoms with Crippen LogP contribution in [0.3, 0.4) is 0 Å². The molecule has 0 radical (unpaired) electrons. The van der Waals surface area contributed by atoms with E-state index < -0.39 is 11.5 Å². The van der Waals surface area contributed by atoms with E-state index >= 15 is 0 Å². The fourth-order valence-corrected chi connectivity index (χ4v) is 4.51. The third-order valence-electron chi connectivity index (χ3n) is 5.08. The molecule has 0 saturated carbocycles. The number of benzene rings is 1. The van der Waals surface area contributed by atoms with Crippen LogP contribution in [-0.2, 0) is 6.54 Å². The van der Waals surface area contributed by atoms with Crippen LogP contribution in [0.15, 0.2) is 29.1 Å². The molecule has 10 heteroatoms. The zero-order chi connectivity index (χ0) is 21.8. The first-order chi connectivity index (χ1) is 15.1. The number of methoxy groups -OCH3 is 1. The van der Waals surface area contributed by atoms with Crippen LogP contribution in [0.5, 0.6) is 11.5 Å². The molecule has 3 heterocycles. The standard InChI is InChI=1S/C21H25N5O4S/c1-3-30-17-11-14(7-8-16(17)29-2)13-22-19(28)15-12-18(27)23-20-26(15)24-21(31-20)25-9-5-4-6-10-25/h7-8,11-12H,3-6,9-10,13H2,1-2H3,(H,22,28). The summed E-state index contributed by atoms with van der Waals surface area (Å²) in [5, 5.41) is 8.22. The number of amides is 1. The molecule has 9 nitrogen and oxygen atoms in total. The lowest BCUT2D eigenvalue weighted by molar-refractivity contribution is 0.0943. The summed E-state index contributed by atoms with van der Waals surface area (Å²) in [5.41, 5.74) is 0.567. The molecule has 4 rings (SSSR count). The zero-order valence-corrected chi connectivity index (χ0v) is 18.4. The predicted molar refractivity (Wildman–Crippen MR) is 119 cm³/mol. The van der Waals surface area contributed by atoms with Crippen molar-refractivity contribution in [2.45, 2.75) is 32.7 Å². The largest absolute Gasteiger partial charge is 0.493 e. The number of nitrogens with zero attached hydrogens (tertiary/aromatic N) is 4. The van der Waals surface area contributed by atoms with Crippen molar-refractivity contribution in [3.05, 3.63) is 45.9 Å². The summed E-state index contributed by atoms with van der Waals surface area (Å²) in [6.07, 6.45) is 3.43. The summed E-state index contributed by atoms with van der Waals surface area (Å²) >= 11 is 1.33. The quantitative estimate of drug-likeness (QED) is 0.599. The van der Waals surface area contributed by atoms with E-state index in [2.05, 4.69) is 20.3 Å². The van der Waals surface area contributed by atoms with Crippen LogP contribution in [0.1, 0.15) is 42.2 Å². The van der Waals surface area contributed by atoms with Gasteiger partial charge in [0.2, 0.25) is 10.1 Å². The highest BCUT2D eigenvalue weighted by Crippen LogP contribution is 2.28. The van der Waals surface area contributed by atoms with Gasteiger partial charge in [-0.2, -0.15) is 9.50 Å². The second-order valence-corrected chi connectivity index (χ2v) is 8.14. The number of piperidine rings is 1. The number of carbonyl (C=O) groups excluding carboxylic acids is 1. The molecule has 0 aliphatic carbocycles. The van der Waals surface area contributed by atoms with Crippen LogP contribution in [0.2, 0.25) is 0 Å². The van der Waals surface area contributed by atoms with E-state index in [1.165, 1.54) is 28.3 Å². The Morgan fingerprint density at radius 2 is 2.00 bits per heavy atom. The summed E-state index contributed by atoms with van der Waals surface area (Å²) < 4.78 is 12.3. The van der Waals surface area contributed by atoms with Crippen molar-refractivity contribution in [1.29, 1.82) is 0 Å². The minimum Gasteiger partial charge on any atom is -0.493 e. The highest BCUT2D eigenvalue weighted by molar-refractivity contribution is 7.20. The summed E-state index contributed by atoms with van der Waals surface area (Å²) in [4.78, 5) is 31.6.